The Bertz CT molecular complexity index is 793. The number of nitrogens with zero attached hydrogens (tertiary/aromatic N) is 1. The first-order valence-electron chi connectivity index (χ1n) is 7.07. The van der Waals surface area contributed by atoms with Crippen LogP contribution in [0, 0.1) is 0 Å². The van der Waals surface area contributed by atoms with Crippen molar-refractivity contribution in [3.8, 4) is 10.6 Å². The van der Waals surface area contributed by atoms with E-state index >= 15 is 0 Å². The molecule has 1 aromatic heterocycles. The molecule has 2 N–H and O–H groups in total. The summed E-state index contributed by atoms with van der Waals surface area (Å²) in [6.07, 6.45) is -4.60. The van der Waals surface area contributed by atoms with Crippen LogP contribution in [0.5, 0.6) is 0 Å². The summed E-state index contributed by atoms with van der Waals surface area (Å²) < 4.78 is 40.4. The van der Waals surface area contributed by atoms with Crippen LogP contribution in [0.4, 0.5) is 18.0 Å². The predicted molar refractivity (Wildman–Crippen MR) is 85.4 cm³/mol. The number of urea groups is 1. The Hall–Kier alpha value is -2.95. The Morgan fingerprint density at radius 2 is 1.85 bits per heavy atom. The summed E-state index contributed by atoms with van der Waals surface area (Å²) in [6, 6.07) is 7.71. The van der Waals surface area contributed by atoms with Crippen LogP contribution in [-0.2, 0) is 9.53 Å². The van der Waals surface area contributed by atoms with Crippen molar-refractivity contribution in [2.24, 2.45) is 0 Å². The first-order chi connectivity index (χ1) is 12.2. The summed E-state index contributed by atoms with van der Waals surface area (Å²) in [6.45, 7) is -2.43. The van der Waals surface area contributed by atoms with Gasteiger partial charge in [0.25, 0.3) is 5.91 Å². The van der Waals surface area contributed by atoms with Gasteiger partial charge in [-0.15, -0.1) is 11.3 Å². The zero-order valence-electron chi connectivity index (χ0n) is 13.0. The van der Waals surface area contributed by atoms with Gasteiger partial charge in [0, 0.05) is 10.9 Å². The Balaban J connectivity index is 1.80. The molecule has 138 valence electrons. The summed E-state index contributed by atoms with van der Waals surface area (Å²) in [5, 5.41) is 5.07. The number of carbonyl (C=O) groups is 3. The topological polar surface area (TPSA) is 97.4 Å². The second-order valence-corrected chi connectivity index (χ2v) is 5.68. The molecule has 1 heterocycles. The molecule has 2 rings (SSSR count). The molecule has 0 saturated carbocycles. The molecular formula is C15H12F3N3O4S. The summed E-state index contributed by atoms with van der Waals surface area (Å²) in [4.78, 5) is 38.4. The summed E-state index contributed by atoms with van der Waals surface area (Å²) >= 11 is 1.20. The standard InChI is InChI=1S/C15H12F3N3O4S/c16-15(17,18)8-19-14(24)21-11(22)6-25-13(23)10-7-26-12(20-10)9-4-2-1-3-5-9/h1-5,7H,6,8H2,(H2,19,21,22,24). The number of hydrogen-bond acceptors (Lipinski definition) is 6. The molecule has 0 radical (unpaired) electrons. The van der Waals surface area contributed by atoms with Crippen molar-refractivity contribution in [3.63, 3.8) is 0 Å². The van der Waals surface area contributed by atoms with Gasteiger partial charge >= 0.3 is 18.2 Å². The molecular weight excluding hydrogens is 375 g/mol. The van der Waals surface area contributed by atoms with E-state index in [1.807, 2.05) is 18.2 Å². The van der Waals surface area contributed by atoms with Gasteiger partial charge in [-0.2, -0.15) is 13.2 Å². The quantitative estimate of drug-likeness (QED) is 0.768. The van der Waals surface area contributed by atoms with Crippen LogP contribution < -0.4 is 10.6 Å². The summed E-state index contributed by atoms with van der Waals surface area (Å²) in [5.41, 5.74) is 0.777. The second kappa shape index (κ2) is 8.43. The van der Waals surface area contributed by atoms with Crippen LogP contribution >= 0.6 is 11.3 Å². The number of benzene rings is 1. The second-order valence-electron chi connectivity index (χ2n) is 4.83. The maximum absolute atomic E-state index is 11.9. The number of hydrogen-bond donors (Lipinski definition) is 2. The molecule has 26 heavy (non-hydrogen) atoms. The summed E-state index contributed by atoms with van der Waals surface area (Å²) in [5.74, 6) is -1.97. The molecule has 2 aromatic rings. The molecule has 0 aliphatic heterocycles. The molecule has 0 fully saturated rings. The minimum absolute atomic E-state index is 0.0248. The average Bonchev–Trinajstić information content (AvgIpc) is 3.08. The van der Waals surface area contributed by atoms with Crippen molar-refractivity contribution in [3.05, 3.63) is 41.4 Å². The minimum Gasteiger partial charge on any atom is -0.451 e. The Morgan fingerprint density at radius 1 is 1.15 bits per heavy atom. The number of esters is 1. The van der Waals surface area contributed by atoms with E-state index < -0.39 is 37.2 Å². The van der Waals surface area contributed by atoms with Crippen molar-refractivity contribution < 1.29 is 32.3 Å². The zero-order chi connectivity index (χ0) is 19.2. The predicted octanol–water partition coefficient (Wildman–Crippen LogP) is 2.36. The molecule has 11 heteroatoms. The van der Waals surface area contributed by atoms with E-state index in [0.29, 0.717) is 5.01 Å². The lowest BCUT2D eigenvalue weighted by atomic mass is 10.2. The molecule has 0 unspecified atom stereocenters. The lowest BCUT2D eigenvalue weighted by molar-refractivity contribution is -0.125. The van der Waals surface area contributed by atoms with Crippen LogP contribution in [-0.4, -0.2) is 42.2 Å². The van der Waals surface area contributed by atoms with Gasteiger partial charge in [0.1, 0.15) is 11.6 Å². The number of imide groups is 1. The highest BCUT2D eigenvalue weighted by atomic mass is 32.1. The van der Waals surface area contributed by atoms with Crippen LogP contribution in [0.25, 0.3) is 10.6 Å². The number of ether oxygens (including phenoxy) is 1. The van der Waals surface area contributed by atoms with E-state index in [1.54, 1.807) is 17.4 Å². The van der Waals surface area contributed by atoms with Crippen LogP contribution in [0.3, 0.4) is 0 Å². The summed E-state index contributed by atoms with van der Waals surface area (Å²) in [7, 11) is 0. The molecule has 0 aliphatic carbocycles. The largest absolute Gasteiger partial charge is 0.451 e. The van der Waals surface area contributed by atoms with E-state index in [9.17, 15) is 27.6 Å². The van der Waals surface area contributed by atoms with Crippen LogP contribution in [0.15, 0.2) is 35.7 Å². The molecule has 7 nitrogen and oxygen atoms in total. The number of carbonyl (C=O) groups excluding carboxylic acids is 3. The Kier molecular flexibility index (Phi) is 6.28. The maximum atomic E-state index is 11.9. The third kappa shape index (κ3) is 6.16. The minimum atomic E-state index is -4.60. The maximum Gasteiger partial charge on any atom is 0.405 e. The van der Waals surface area contributed by atoms with E-state index in [-0.39, 0.29) is 5.69 Å². The lowest BCUT2D eigenvalue weighted by Gasteiger charge is -2.09. The highest BCUT2D eigenvalue weighted by Gasteiger charge is 2.28. The zero-order valence-corrected chi connectivity index (χ0v) is 13.8. The van der Waals surface area contributed by atoms with Crippen molar-refractivity contribution >= 4 is 29.2 Å². The van der Waals surface area contributed by atoms with Crippen LogP contribution in [0.2, 0.25) is 0 Å². The lowest BCUT2D eigenvalue weighted by Crippen LogP contribution is -2.44. The number of nitrogens with one attached hydrogen (secondary N) is 2. The fraction of sp³-hybridized carbons (Fsp3) is 0.200. The molecule has 0 spiro atoms. The van der Waals surface area contributed by atoms with Gasteiger partial charge in [0.05, 0.1) is 0 Å². The fourth-order valence-electron chi connectivity index (χ4n) is 1.67. The van der Waals surface area contributed by atoms with Gasteiger partial charge < -0.3 is 10.1 Å². The smallest absolute Gasteiger partial charge is 0.405 e. The highest BCUT2D eigenvalue weighted by Crippen LogP contribution is 2.23. The van der Waals surface area contributed by atoms with Gasteiger partial charge in [-0.25, -0.2) is 14.6 Å². The Morgan fingerprint density at radius 3 is 2.50 bits per heavy atom. The first-order valence-corrected chi connectivity index (χ1v) is 7.95. The van der Waals surface area contributed by atoms with Crippen LogP contribution in [0.1, 0.15) is 10.5 Å². The molecule has 3 amide bonds. The van der Waals surface area contributed by atoms with E-state index in [1.165, 1.54) is 22.0 Å². The van der Waals surface area contributed by atoms with Gasteiger partial charge in [-0.1, -0.05) is 30.3 Å². The molecule has 0 aliphatic rings. The van der Waals surface area contributed by atoms with Crippen molar-refractivity contribution in [1.29, 1.82) is 0 Å². The number of thiazole rings is 1. The average molecular weight is 387 g/mol. The van der Waals surface area contributed by atoms with Crippen molar-refractivity contribution in [1.82, 2.24) is 15.6 Å². The fourth-order valence-corrected chi connectivity index (χ4v) is 2.47. The molecule has 0 atom stereocenters. The van der Waals surface area contributed by atoms with Gasteiger partial charge in [-0.05, 0) is 0 Å². The third-order valence-corrected chi connectivity index (χ3v) is 3.66. The highest BCUT2D eigenvalue weighted by molar-refractivity contribution is 7.13. The van der Waals surface area contributed by atoms with Gasteiger partial charge in [-0.3, -0.25) is 10.1 Å². The van der Waals surface area contributed by atoms with E-state index in [2.05, 4.69) is 9.72 Å². The molecule has 0 bridgehead atoms. The number of alkyl halides is 3. The molecule has 1 aromatic carbocycles. The number of halogens is 3. The molecule has 0 saturated heterocycles. The monoisotopic (exact) mass is 387 g/mol. The van der Waals surface area contributed by atoms with Gasteiger partial charge in [0.2, 0.25) is 0 Å². The third-order valence-electron chi connectivity index (χ3n) is 2.77. The first kappa shape index (κ1) is 19.4. The van der Waals surface area contributed by atoms with Gasteiger partial charge in [0.15, 0.2) is 12.3 Å². The number of rotatable bonds is 5. The van der Waals surface area contributed by atoms with Crippen molar-refractivity contribution in [2.75, 3.05) is 13.2 Å². The number of amides is 3. The van der Waals surface area contributed by atoms with E-state index in [0.717, 1.165) is 5.56 Å². The SMILES string of the molecule is O=C(COC(=O)c1csc(-c2ccccc2)n1)NC(=O)NCC(F)(F)F. The normalized spacial score (nSPS) is 10.9. The van der Waals surface area contributed by atoms with E-state index in [4.69, 9.17) is 0 Å². The number of aromatic nitrogens is 1. The Labute approximate surface area is 149 Å². The van der Waals surface area contributed by atoms with Crippen molar-refractivity contribution in [2.45, 2.75) is 6.18 Å².